The van der Waals surface area contributed by atoms with Crippen molar-refractivity contribution >= 4 is 5.71 Å². The molecule has 0 heterocycles. The summed E-state index contributed by atoms with van der Waals surface area (Å²) in [6.45, 7) is 4.44. The molecule has 0 aromatic rings. The number of oxime groups is 1. The van der Waals surface area contributed by atoms with Gasteiger partial charge < -0.3 is 4.84 Å². The molecule has 0 radical (unpaired) electrons. The van der Waals surface area contributed by atoms with Crippen LogP contribution >= 0.6 is 0 Å². The van der Waals surface area contributed by atoms with Gasteiger partial charge >= 0.3 is 0 Å². The fourth-order valence-electron chi connectivity index (χ4n) is 1.46. The molecule has 0 N–H and O–H groups in total. The van der Waals surface area contributed by atoms with Gasteiger partial charge in [-0.05, 0) is 19.3 Å². The normalized spacial score (nSPS) is 27.3. The Morgan fingerprint density at radius 1 is 1.50 bits per heavy atom. The van der Waals surface area contributed by atoms with Crippen molar-refractivity contribution in [2.75, 3.05) is 7.11 Å². The van der Waals surface area contributed by atoms with Gasteiger partial charge in [0.05, 0.1) is 5.71 Å². The first-order chi connectivity index (χ1) is 4.67. The number of hydrogen-bond donors (Lipinski definition) is 0. The molecule has 1 aliphatic carbocycles. The Labute approximate surface area is 62.3 Å². The highest BCUT2D eigenvalue weighted by Gasteiger charge is 2.30. The molecular formula is C8H15NO. The Bertz CT molecular complexity index is 149. The number of hydrogen-bond acceptors (Lipinski definition) is 2. The van der Waals surface area contributed by atoms with E-state index in [2.05, 4.69) is 19.0 Å². The molecule has 2 nitrogen and oxygen atoms in total. The molecule has 1 rings (SSSR count). The van der Waals surface area contributed by atoms with E-state index in [0.29, 0.717) is 0 Å². The summed E-state index contributed by atoms with van der Waals surface area (Å²) in [6.07, 6.45) is 3.62. The van der Waals surface area contributed by atoms with Crippen LogP contribution in [0.4, 0.5) is 0 Å². The van der Waals surface area contributed by atoms with Crippen molar-refractivity contribution < 1.29 is 4.84 Å². The van der Waals surface area contributed by atoms with Gasteiger partial charge in [-0.2, -0.15) is 0 Å². The van der Waals surface area contributed by atoms with Crippen LogP contribution in [0.5, 0.6) is 0 Å². The minimum absolute atomic E-state index is 0.288. The van der Waals surface area contributed by atoms with E-state index >= 15 is 0 Å². The van der Waals surface area contributed by atoms with Gasteiger partial charge in [0, 0.05) is 5.41 Å². The lowest BCUT2D eigenvalue weighted by Gasteiger charge is -2.16. The first-order valence-electron chi connectivity index (χ1n) is 3.77. The summed E-state index contributed by atoms with van der Waals surface area (Å²) < 4.78 is 0. The van der Waals surface area contributed by atoms with Gasteiger partial charge in [0.25, 0.3) is 0 Å². The second-order valence-electron chi connectivity index (χ2n) is 3.46. The molecule has 0 spiro atoms. The molecule has 0 saturated heterocycles. The van der Waals surface area contributed by atoms with Crippen LogP contribution in [-0.4, -0.2) is 12.8 Å². The van der Waals surface area contributed by atoms with Crippen molar-refractivity contribution in [3.8, 4) is 0 Å². The first-order valence-corrected chi connectivity index (χ1v) is 3.77. The van der Waals surface area contributed by atoms with Crippen molar-refractivity contribution in [1.82, 2.24) is 0 Å². The quantitative estimate of drug-likeness (QED) is 0.513. The molecule has 58 valence electrons. The lowest BCUT2D eigenvalue weighted by atomic mass is 9.90. The van der Waals surface area contributed by atoms with Crippen LogP contribution in [0.2, 0.25) is 0 Å². The van der Waals surface area contributed by atoms with Crippen LogP contribution in [0.1, 0.15) is 33.1 Å². The van der Waals surface area contributed by atoms with Gasteiger partial charge in [0.1, 0.15) is 7.11 Å². The summed E-state index contributed by atoms with van der Waals surface area (Å²) in [5, 5.41) is 3.99. The molecule has 1 aliphatic rings. The van der Waals surface area contributed by atoms with Crippen LogP contribution in [0.3, 0.4) is 0 Å². The van der Waals surface area contributed by atoms with E-state index in [9.17, 15) is 0 Å². The third kappa shape index (κ3) is 1.31. The summed E-state index contributed by atoms with van der Waals surface area (Å²) in [5.74, 6) is 0. The molecule has 1 fully saturated rings. The Hall–Kier alpha value is -0.530. The highest BCUT2D eigenvalue weighted by molar-refractivity contribution is 5.90. The molecule has 1 saturated carbocycles. The topological polar surface area (TPSA) is 21.6 Å². The van der Waals surface area contributed by atoms with E-state index in [-0.39, 0.29) is 5.41 Å². The zero-order valence-corrected chi connectivity index (χ0v) is 6.98. The van der Waals surface area contributed by atoms with Crippen molar-refractivity contribution in [2.24, 2.45) is 10.6 Å². The fourth-order valence-corrected chi connectivity index (χ4v) is 1.46. The predicted octanol–water partition coefficient (Wildman–Crippen LogP) is 2.20. The van der Waals surface area contributed by atoms with E-state index in [4.69, 9.17) is 4.84 Å². The molecule has 0 unspecified atom stereocenters. The monoisotopic (exact) mass is 141 g/mol. The molecule has 0 atom stereocenters. The maximum Gasteiger partial charge on any atom is 0.106 e. The Morgan fingerprint density at radius 3 is 2.60 bits per heavy atom. The molecule has 0 aliphatic heterocycles. The SMILES string of the molecule is CO/N=C1\CCCC1(C)C. The number of nitrogens with zero attached hydrogens (tertiary/aromatic N) is 1. The van der Waals surface area contributed by atoms with Crippen LogP contribution in [0, 0.1) is 5.41 Å². The van der Waals surface area contributed by atoms with E-state index in [1.165, 1.54) is 18.6 Å². The van der Waals surface area contributed by atoms with Gasteiger partial charge in [-0.1, -0.05) is 19.0 Å². The fraction of sp³-hybridized carbons (Fsp3) is 0.875. The average Bonchev–Trinajstić information content (AvgIpc) is 2.13. The van der Waals surface area contributed by atoms with E-state index in [1.54, 1.807) is 7.11 Å². The highest BCUT2D eigenvalue weighted by atomic mass is 16.6. The van der Waals surface area contributed by atoms with Crippen LogP contribution < -0.4 is 0 Å². The number of rotatable bonds is 1. The molecule has 2 heteroatoms. The maximum atomic E-state index is 4.75. The second-order valence-corrected chi connectivity index (χ2v) is 3.46. The van der Waals surface area contributed by atoms with Crippen molar-refractivity contribution in [2.45, 2.75) is 33.1 Å². The molecule has 10 heavy (non-hydrogen) atoms. The van der Waals surface area contributed by atoms with Gasteiger partial charge in [-0.3, -0.25) is 0 Å². The standard InChI is InChI=1S/C8H15NO/c1-8(2)6-4-5-7(8)9-10-3/h4-6H2,1-3H3/b9-7+. The van der Waals surface area contributed by atoms with Crippen LogP contribution in [0.15, 0.2) is 5.16 Å². The van der Waals surface area contributed by atoms with Gasteiger partial charge in [0.2, 0.25) is 0 Å². The second kappa shape index (κ2) is 2.60. The van der Waals surface area contributed by atoms with Gasteiger partial charge in [0.15, 0.2) is 0 Å². The van der Waals surface area contributed by atoms with E-state index in [1.807, 2.05) is 0 Å². The summed E-state index contributed by atoms with van der Waals surface area (Å²) >= 11 is 0. The Kier molecular flexibility index (Phi) is 1.97. The van der Waals surface area contributed by atoms with Crippen molar-refractivity contribution in [3.63, 3.8) is 0 Å². The molecule has 0 aromatic heterocycles. The third-order valence-electron chi connectivity index (χ3n) is 2.20. The van der Waals surface area contributed by atoms with Gasteiger partial charge in [-0.25, -0.2) is 0 Å². The van der Waals surface area contributed by atoms with Crippen LogP contribution in [0.25, 0.3) is 0 Å². The minimum atomic E-state index is 0.288. The summed E-state index contributed by atoms with van der Waals surface area (Å²) in [7, 11) is 1.61. The minimum Gasteiger partial charge on any atom is -0.399 e. The lowest BCUT2D eigenvalue weighted by Crippen LogP contribution is -2.16. The molecule has 0 amide bonds. The summed E-state index contributed by atoms with van der Waals surface area (Å²) in [4.78, 5) is 4.75. The zero-order chi connectivity index (χ0) is 7.61. The van der Waals surface area contributed by atoms with Crippen LogP contribution in [-0.2, 0) is 4.84 Å². The summed E-state index contributed by atoms with van der Waals surface area (Å²) in [5.41, 5.74) is 1.51. The average molecular weight is 141 g/mol. The largest absolute Gasteiger partial charge is 0.399 e. The lowest BCUT2D eigenvalue weighted by molar-refractivity contribution is 0.209. The third-order valence-corrected chi connectivity index (χ3v) is 2.20. The maximum absolute atomic E-state index is 4.75. The highest BCUT2D eigenvalue weighted by Crippen LogP contribution is 2.34. The van der Waals surface area contributed by atoms with Crippen molar-refractivity contribution in [3.05, 3.63) is 0 Å². The van der Waals surface area contributed by atoms with Crippen molar-refractivity contribution in [1.29, 1.82) is 0 Å². The zero-order valence-electron chi connectivity index (χ0n) is 6.98. The predicted molar refractivity (Wildman–Crippen MR) is 42.1 cm³/mol. The Balaban J connectivity index is 2.68. The molecule has 0 aromatic carbocycles. The summed E-state index contributed by atoms with van der Waals surface area (Å²) in [6, 6.07) is 0. The smallest absolute Gasteiger partial charge is 0.106 e. The molecule has 0 bridgehead atoms. The molecular weight excluding hydrogens is 126 g/mol. The van der Waals surface area contributed by atoms with Gasteiger partial charge in [-0.15, -0.1) is 0 Å². The van der Waals surface area contributed by atoms with E-state index in [0.717, 1.165) is 6.42 Å². The Morgan fingerprint density at radius 2 is 2.20 bits per heavy atom. The first kappa shape index (κ1) is 7.58. The van der Waals surface area contributed by atoms with E-state index < -0.39 is 0 Å².